The van der Waals surface area contributed by atoms with Crippen LogP contribution in [0.4, 0.5) is 0 Å². The molecule has 110 valence electrons. The van der Waals surface area contributed by atoms with E-state index in [9.17, 15) is 8.42 Å². The summed E-state index contributed by atoms with van der Waals surface area (Å²) in [5.74, 6) is -0.0379. The van der Waals surface area contributed by atoms with E-state index in [2.05, 4.69) is 5.32 Å². The summed E-state index contributed by atoms with van der Waals surface area (Å²) in [6, 6.07) is 3.67. The Morgan fingerprint density at radius 1 is 1.15 bits per heavy atom. The molecule has 0 amide bonds. The zero-order valence-electron chi connectivity index (χ0n) is 11.4. The van der Waals surface area contributed by atoms with Gasteiger partial charge in [0.15, 0.2) is 9.84 Å². The molecule has 20 heavy (non-hydrogen) atoms. The minimum absolute atomic E-state index is 0.0379. The van der Waals surface area contributed by atoms with E-state index in [-0.39, 0.29) is 21.9 Å². The van der Waals surface area contributed by atoms with Crippen LogP contribution in [0.25, 0.3) is 0 Å². The molecular formula is C14H17Cl2NO2S. The highest BCUT2D eigenvalue weighted by Crippen LogP contribution is 2.47. The van der Waals surface area contributed by atoms with Crippen molar-refractivity contribution in [2.75, 3.05) is 0 Å². The highest BCUT2D eigenvalue weighted by molar-refractivity contribution is 7.92. The fourth-order valence-corrected chi connectivity index (χ4v) is 5.67. The summed E-state index contributed by atoms with van der Waals surface area (Å²) in [7, 11) is -3.43. The van der Waals surface area contributed by atoms with Crippen molar-refractivity contribution in [1.29, 1.82) is 0 Å². The SMILES string of the molecule is CC1C(NC2CC2)c2c(Cl)ccc(Cl)c2S(=O)(=O)C1C. The van der Waals surface area contributed by atoms with Crippen LogP contribution in [0.2, 0.25) is 10.0 Å². The Morgan fingerprint density at radius 3 is 2.35 bits per heavy atom. The lowest BCUT2D eigenvalue weighted by atomic mass is 9.91. The maximum atomic E-state index is 12.7. The molecule has 0 saturated heterocycles. The van der Waals surface area contributed by atoms with E-state index in [1.807, 2.05) is 6.92 Å². The molecule has 3 rings (SSSR count). The van der Waals surface area contributed by atoms with Gasteiger partial charge in [-0.15, -0.1) is 0 Å². The van der Waals surface area contributed by atoms with E-state index in [1.54, 1.807) is 19.1 Å². The number of nitrogens with one attached hydrogen (secondary N) is 1. The minimum Gasteiger partial charge on any atom is -0.307 e. The molecule has 0 radical (unpaired) electrons. The van der Waals surface area contributed by atoms with Gasteiger partial charge in [0.05, 0.1) is 15.2 Å². The number of hydrogen-bond acceptors (Lipinski definition) is 3. The summed E-state index contributed by atoms with van der Waals surface area (Å²) in [6.07, 6.45) is 2.27. The molecule has 1 saturated carbocycles. The number of sulfone groups is 1. The number of rotatable bonds is 2. The van der Waals surface area contributed by atoms with Crippen LogP contribution in [-0.2, 0) is 9.84 Å². The lowest BCUT2D eigenvalue weighted by molar-refractivity contribution is 0.356. The molecule has 6 heteroatoms. The number of fused-ring (bicyclic) bond motifs is 1. The smallest absolute Gasteiger partial charge is 0.183 e. The molecule has 1 N–H and O–H groups in total. The first-order chi connectivity index (χ1) is 9.34. The minimum atomic E-state index is -3.43. The van der Waals surface area contributed by atoms with Gasteiger partial charge < -0.3 is 5.32 Å². The summed E-state index contributed by atoms with van der Waals surface area (Å²) in [6.45, 7) is 3.71. The zero-order chi connectivity index (χ0) is 14.7. The Kier molecular flexibility index (Phi) is 3.57. The molecule has 3 atom stereocenters. The third-order valence-corrected chi connectivity index (χ3v) is 7.61. The molecule has 1 aliphatic heterocycles. The van der Waals surface area contributed by atoms with Crippen molar-refractivity contribution in [3.63, 3.8) is 0 Å². The Bertz CT molecular complexity index is 655. The molecule has 0 aromatic heterocycles. The number of benzene rings is 1. The Hall–Kier alpha value is -0.290. The fraction of sp³-hybridized carbons (Fsp3) is 0.571. The Labute approximate surface area is 129 Å². The molecule has 1 aromatic rings. The van der Waals surface area contributed by atoms with Gasteiger partial charge in [0.25, 0.3) is 0 Å². The van der Waals surface area contributed by atoms with Crippen molar-refractivity contribution in [1.82, 2.24) is 5.32 Å². The van der Waals surface area contributed by atoms with Gasteiger partial charge in [0, 0.05) is 22.7 Å². The highest BCUT2D eigenvalue weighted by Gasteiger charge is 2.45. The predicted molar refractivity (Wildman–Crippen MR) is 81.2 cm³/mol. The van der Waals surface area contributed by atoms with E-state index < -0.39 is 15.1 Å². The van der Waals surface area contributed by atoms with Crippen LogP contribution in [0.15, 0.2) is 17.0 Å². The summed E-state index contributed by atoms with van der Waals surface area (Å²) in [5.41, 5.74) is 0.650. The van der Waals surface area contributed by atoms with E-state index in [0.29, 0.717) is 16.6 Å². The third kappa shape index (κ3) is 2.17. The maximum absolute atomic E-state index is 12.7. The van der Waals surface area contributed by atoms with Crippen LogP contribution < -0.4 is 5.32 Å². The van der Waals surface area contributed by atoms with E-state index in [4.69, 9.17) is 23.2 Å². The summed E-state index contributed by atoms with van der Waals surface area (Å²) in [4.78, 5) is 0.218. The third-order valence-electron chi connectivity index (χ3n) is 4.44. The largest absolute Gasteiger partial charge is 0.307 e. The number of hydrogen-bond donors (Lipinski definition) is 1. The molecule has 1 heterocycles. The highest BCUT2D eigenvalue weighted by atomic mass is 35.5. The van der Waals surface area contributed by atoms with Crippen molar-refractivity contribution in [3.8, 4) is 0 Å². The quantitative estimate of drug-likeness (QED) is 0.899. The average Bonchev–Trinajstić information content (AvgIpc) is 3.19. The molecular weight excluding hydrogens is 317 g/mol. The second-order valence-corrected chi connectivity index (χ2v) is 8.86. The number of halogens is 2. The molecule has 1 fully saturated rings. The lowest BCUT2D eigenvalue weighted by Crippen LogP contribution is -2.42. The van der Waals surface area contributed by atoms with Crippen molar-refractivity contribution >= 4 is 33.0 Å². The van der Waals surface area contributed by atoms with E-state index >= 15 is 0 Å². The van der Waals surface area contributed by atoms with E-state index in [1.165, 1.54) is 0 Å². The van der Waals surface area contributed by atoms with Gasteiger partial charge >= 0.3 is 0 Å². The Balaban J connectivity index is 2.23. The summed E-state index contributed by atoms with van der Waals surface area (Å²) < 4.78 is 25.3. The van der Waals surface area contributed by atoms with Gasteiger partial charge in [-0.25, -0.2) is 8.42 Å². The van der Waals surface area contributed by atoms with Crippen LogP contribution in [0.5, 0.6) is 0 Å². The lowest BCUT2D eigenvalue weighted by Gasteiger charge is -2.37. The van der Waals surface area contributed by atoms with Crippen molar-refractivity contribution in [2.24, 2.45) is 5.92 Å². The van der Waals surface area contributed by atoms with Gasteiger partial charge in [-0.1, -0.05) is 30.1 Å². The maximum Gasteiger partial charge on any atom is 0.183 e. The van der Waals surface area contributed by atoms with Crippen molar-refractivity contribution in [2.45, 2.75) is 48.9 Å². The predicted octanol–water partition coefficient (Wildman–Crippen LogP) is 3.60. The Morgan fingerprint density at radius 2 is 1.75 bits per heavy atom. The van der Waals surface area contributed by atoms with Crippen LogP contribution >= 0.6 is 23.2 Å². The van der Waals surface area contributed by atoms with Gasteiger partial charge in [-0.2, -0.15) is 0 Å². The topological polar surface area (TPSA) is 46.2 Å². The van der Waals surface area contributed by atoms with Crippen LogP contribution in [0.1, 0.15) is 38.3 Å². The molecule has 0 bridgehead atoms. The zero-order valence-corrected chi connectivity index (χ0v) is 13.7. The monoisotopic (exact) mass is 333 g/mol. The molecule has 3 unspecified atom stereocenters. The molecule has 0 spiro atoms. The average molecular weight is 334 g/mol. The second-order valence-electron chi connectivity index (χ2n) is 5.80. The van der Waals surface area contributed by atoms with E-state index in [0.717, 1.165) is 12.8 Å². The first-order valence-corrected chi connectivity index (χ1v) is 9.12. The molecule has 1 aromatic carbocycles. The standard InChI is InChI=1S/C14H17Cl2NO2S/c1-7-8(2)20(18,19)14-11(16)6-5-10(15)12(14)13(7)17-9-3-4-9/h5-9,13,17H,3-4H2,1-2H3. The summed E-state index contributed by atoms with van der Waals surface area (Å²) in [5, 5.41) is 3.80. The van der Waals surface area contributed by atoms with Gasteiger partial charge in [-0.05, 0) is 37.8 Å². The van der Waals surface area contributed by atoms with Gasteiger partial charge in [-0.3, -0.25) is 0 Å². The molecule has 1 aliphatic carbocycles. The fourth-order valence-electron chi connectivity index (χ4n) is 2.87. The summed E-state index contributed by atoms with van der Waals surface area (Å²) >= 11 is 12.5. The van der Waals surface area contributed by atoms with Crippen LogP contribution in [0, 0.1) is 5.92 Å². The normalized spacial score (nSPS) is 31.9. The van der Waals surface area contributed by atoms with Crippen LogP contribution in [0.3, 0.4) is 0 Å². The molecule has 3 nitrogen and oxygen atoms in total. The van der Waals surface area contributed by atoms with Crippen LogP contribution in [-0.4, -0.2) is 19.7 Å². The van der Waals surface area contributed by atoms with Gasteiger partial charge in [0.2, 0.25) is 0 Å². The van der Waals surface area contributed by atoms with Crippen molar-refractivity contribution in [3.05, 3.63) is 27.7 Å². The first kappa shape index (κ1) is 14.6. The van der Waals surface area contributed by atoms with Gasteiger partial charge in [0.1, 0.15) is 0 Å². The second kappa shape index (κ2) is 4.87. The first-order valence-electron chi connectivity index (χ1n) is 6.82. The van der Waals surface area contributed by atoms with Crippen molar-refractivity contribution < 1.29 is 8.42 Å². The molecule has 2 aliphatic rings.